The van der Waals surface area contributed by atoms with Crippen LogP contribution in [0.1, 0.15) is 232 Å². The van der Waals surface area contributed by atoms with E-state index in [2.05, 4.69) is 114 Å². The van der Waals surface area contributed by atoms with Crippen LogP contribution in [-0.2, 0) is 6.42 Å². The van der Waals surface area contributed by atoms with E-state index in [-0.39, 0.29) is 14.9 Å². The summed E-state index contributed by atoms with van der Waals surface area (Å²) in [4.78, 5) is 0. The minimum absolute atomic E-state index is 0. The van der Waals surface area contributed by atoms with Crippen LogP contribution in [0.4, 0.5) is 0 Å². The average molecular weight is 767 g/mol. The molecule has 0 N–H and O–H groups in total. The molecule has 0 saturated carbocycles. The highest BCUT2D eigenvalue weighted by Crippen LogP contribution is 2.37. The van der Waals surface area contributed by atoms with Gasteiger partial charge in [-0.2, -0.15) is 0 Å². The van der Waals surface area contributed by atoms with Gasteiger partial charge in [-0.25, -0.2) is 0 Å². The van der Waals surface area contributed by atoms with E-state index < -0.39 is 0 Å². The van der Waals surface area contributed by atoms with E-state index in [9.17, 15) is 0 Å². The van der Waals surface area contributed by atoms with Gasteiger partial charge in [-0.3, -0.25) is 0 Å². The van der Waals surface area contributed by atoms with E-state index in [1.807, 2.05) is 99.6 Å². The summed E-state index contributed by atoms with van der Waals surface area (Å²) in [6, 6.07) is 2.42. The molecule has 0 aliphatic heterocycles. The summed E-state index contributed by atoms with van der Waals surface area (Å²) in [6.07, 6.45) is 25.6. The van der Waals surface area contributed by atoms with Crippen molar-refractivity contribution in [2.24, 2.45) is 11.8 Å². The van der Waals surface area contributed by atoms with E-state index >= 15 is 0 Å². The molecule has 0 aromatic heterocycles. The summed E-state index contributed by atoms with van der Waals surface area (Å²) in [5, 5.41) is 0. The summed E-state index contributed by atoms with van der Waals surface area (Å²) < 4.78 is 0. The van der Waals surface area contributed by atoms with Gasteiger partial charge in [0, 0.05) is 0 Å². The monoisotopic (exact) mass is 767 g/mol. The van der Waals surface area contributed by atoms with Crippen molar-refractivity contribution < 1.29 is 0 Å². The molecule has 0 fully saturated rings. The second-order valence-electron chi connectivity index (χ2n) is 14.1. The molecule has 1 aromatic rings. The Hall–Kier alpha value is -2.60. The number of allylic oxidation sites excluding steroid dienone is 11. The number of hydrogen-bond acceptors (Lipinski definition) is 0. The van der Waals surface area contributed by atoms with Gasteiger partial charge in [0.15, 0.2) is 0 Å². The maximum Gasteiger partial charge on any atom is -0.0163 e. The highest BCUT2D eigenvalue weighted by molar-refractivity contribution is 5.72. The lowest BCUT2D eigenvalue weighted by Crippen LogP contribution is -2.12. The minimum atomic E-state index is 0. The predicted molar refractivity (Wildman–Crippen MR) is 270 cm³/mol. The first kappa shape index (κ1) is 70.2. The fourth-order valence-corrected chi connectivity index (χ4v) is 5.18. The second kappa shape index (κ2) is 51.4. The van der Waals surface area contributed by atoms with E-state index in [0.29, 0.717) is 5.92 Å². The molecule has 0 unspecified atom stereocenters. The first-order valence-corrected chi connectivity index (χ1v) is 21.8. The third-order valence-corrected chi connectivity index (χ3v) is 8.01. The molecular weight excluding hydrogens is 661 g/mol. The van der Waals surface area contributed by atoms with Crippen molar-refractivity contribution in [1.82, 2.24) is 0 Å². The fourth-order valence-electron chi connectivity index (χ4n) is 5.18. The highest BCUT2D eigenvalue weighted by atomic mass is 14.3. The fraction of sp³-hybridized carbons (Fsp3) is 0.636. The molecule has 55 heavy (non-hydrogen) atoms. The van der Waals surface area contributed by atoms with E-state index in [1.165, 1.54) is 79.2 Å². The Morgan fingerprint density at radius 2 is 1.09 bits per heavy atom. The van der Waals surface area contributed by atoms with Gasteiger partial charge in [0.25, 0.3) is 0 Å². The SMILES string of the molecule is C.C.C=C(C)/C=C\C(C)=C/C.C=C(C)/C=C\C=C/C.C=C(CCC(C)C)c1c(C)cc(C)c(CC(CCC)CCC)c1C(C)C.CC.CC.CC.CCCC. The molecule has 0 aliphatic rings. The van der Waals surface area contributed by atoms with Crippen molar-refractivity contribution in [3.05, 3.63) is 113 Å². The van der Waals surface area contributed by atoms with Crippen molar-refractivity contribution in [3.8, 4) is 0 Å². The Bertz CT molecular complexity index is 1100. The molecule has 326 valence electrons. The van der Waals surface area contributed by atoms with Gasteiger partial charge in [0.2, 0.25) is 0 Å². The van der Waals surface area contributed by atoms with Crippen LogP contribution in [-0.4, -0.2) is 0 Å². The molecule has 1 aromatic carbocycles. The van der Waals surface area contributed by atoms with Gasteiger partial charge in [0.05, 0.1) is 0 Å². The first-order valence-electron chi connectivity index (χ1n) is 21.8. The van der Waals surface area contributed by atoms with Crippen molar-refractivity contribution in [1.29, 1.82) is 0 Å². The van der Waals surface area contributed by atoms with Crippen LogP contribution in [0, 0.1) is 25.7 Å². The molecule has 0 heterocycles. The van der Waals surface area contributed by atoms with Crippen LogP contribution in [0.2, 0.25) is 0 Å². The lowest BCUT2D eigenvalue weighted by molar-refractivity contribution is 0.435. The maximum absolute atomic E-state index is 4.52. The molecule has 0 amide bonds. The molecule has 0 nitrogen and oxygen atoms in total. The molecule has 0 aliphatic carbocycles. The van der Waals surface area contributed by atoms with Gasteiger partial charge < -0.3 is 0 Å². The Balaban J connectivity index is -0.000000105. The number of benzene rings is 1. The zero-order valence-electron chi connectivity index (χ0n) is 40.3. The normalized spacial score (nSPS) is 10.1. The molecule has 0 radical (unpaired) electrons. The molecule has 1 rings (SSSR count). The van der Waals surface area contributed by atoms with Crippen LogP contribution >= 0.6 is 0 Å². The third kappa shape index (κ3) is 44.0. The van der Waals surface area contributed by atoms with Gasteiger partial charge in [-0.05, 0) is 119 Å². The smallest absolute Gasteiger partial charge is 0.0163 e. The predicted octanol–water partition coefficient (Wildman–Crippen LogP) is 20.6. The largest absolute Gasteiger partial charge is 0.0961 e. The quantitative estimate of drug-likeness (QED) is 0.147. The molecular formula is C55H106. The summed E-state index contributed by atoms with van der Waals surface area (Å²) in [5.41, 5.74) is 12.4. The molecule has 0 saturated heterocycles. The van der Waals surface area contributed by atoms with Gasteiger partial charge in [0.1, 0.15) is 0 Å². The van der Waals surface area contributed by atoms with Crippen LogP contribution in [0.3, 0.4) is 0 Å². The average Bonchev–Trinajstić information content (AvgIpc) is 3.13. The van der Waals surface area contributed by atoms with Gasteiger partial charge >= 0.3 is 0 Å². The summed E-state index contributed by atoms with van der Waals surface area (Å²) in [5.74, 6) is 2.11. The molecule has 0 heteroatoms. The molecule has 0 bridgehead atoms. The van der Waals surface area contributed by atoms with Crippen LogP contribution < -0.4 is 0 Å². The Morgan fingerprint density at radius 3 is 1.42 bits per heavy atom. The van der Waals surface area contributed by atoms with E-state index in [0.717, 1.165) is 29.4 Å². The zero-order valence-corrected chi connectivity index (χ0v) is 40.3. The molecule has 0 atom stereocenters. The Morgan fingerprint density at radius 1 is 0.636 bits per heavy atom. The van der Waals surface area contributed by atoms with Crippen molar-refractivity contribution in [2.45, 2.75) is 224 Å². The summed E-state index contributed by atoms with van der Waals surface area (Å²) in [7, 11) is 0. The van der Waals surface area contributed by atoms with Crippen molar-refractivity contribution in [2.75, 3.05) is 0 Å². The second-order valence-corrected chi connectivity index (χ2v) is 14.1. The standard InChI is InChI=1S/C26H44.C9H14.C8H12.C4H10.3C2H6.2CH4/c1-10-12-23(13-11-2)17-24-21(8)16-22(9)26(25(24)19(5)6)20(7)15-14-18(3)4;1-5-9(4)7-6-8(2)3;1-4-5-6-7-8(2)3;1-3-4-2;3*1-2;;/h16,18-19,23H,7,10-15,17H2,1-6,8-9H3;5-7H,2H2,1,3-4H3;4-7H,2H2,1,3H3;3-4H2,1-2H3;3*1-2H3;2*1H4/b;7-6-,9-5-;5-4-,7-6-;;;;;;. The zero-order chi connectivity index (χ0) is 42.9. The lowest BCUT2D eigenvalue weighted by atomic mass is 9.78. The number of unbranched alkanes of at least 4 members (excludes halogenated alkanes) is 1. The van der Waals surface area contributed by atoms with Gasteiger partial charge in [-0.15, -0.1) is 0 Å². The first-order chi connectivity index (χ1) is 25.1. The van der Waals surface area contributed by atoms with E-state index in [4.69, 9.17) is 0 Å². The number of aryl methyl sites for hydroxylation is 2. The highest BCUT2D eigenvalue weighted by Gasteiger charge is 2.21. The van der Waals surface area contributed by atoms with Crippen LogP contribution in [0.15, 0.2) is 85.1 Å². The number of rotatable bonds is 16. The molecule has 0 spiro atoms. The summed E-state index contributed by atoms with van der Waals surface area (Å²) >= 11 is 0. The Labute approximate surface area is 353 Å². The van der Waals surface area contributed by atoms with E-state index in [1.54, 1.807) is 11.1 Å². The minimum Gasteiger partial charge on any atom is -0.0961 e. The van der Waals surface area contributed by atoms with Gasteiger partial charge in [-0.1, -0.05) is 235 Å². The maximum atomic E-state index is 4.52. The third-order valence-electron chi connectivity index (χ3n) is 8.01. The van der Waals surface area contributed by atoms with Crippen molar-refractivity contribution in [3.63, 3.8) is 0 Å². The topological polar surface area (TPSA) is 0 Å². The Kier molecular flexibility index (Phi) is 65.6. The lowest BCUT2D eigenvalue weighted by Gasteiger charge is -2.27. The van der Waals surface area contributed by atoms with Crippen molar-refractivity contribution >= 4 is 5.57 Å². The number of hydrogen-bond donors (Lipinski definition) is 0. The van der Waals surface area contributed by atoms with Crippen LogP contribution in [0.25, 0.3) is 5.57 Å². The van der Waals surface area contributed by atoms with Crippen LogP contribution in [0.5, 0.6) is 0 Å². The summed E-state index contributed by atoms with van der Waals surface area (Å²) in [6.45, 7) is 57.0.